The van der Waals surface area contributed by atoms with E-state index in [2.05, 4.69) is 5.32 Å². The Morgan fingerprint density at radius 1 is 1.39 bits per heavy atom. The zero-order valence-corrected chi connectivity index (χ0v) is 10.7. The van der Waals surface area contributed by atoms with Crippen molar-refractivity contribution in [1.29, 1.82) is 0 Å². The summed E-state index contributed by atoms with van der Waals surface area (Å²) in [6.45, 7) is 2.45. The number of benzene rings is 1. The number of rotatable bonds is 6. The molecule has 0 spiro atoms. The van der Waals surface area contributed by atoms with Crippen LogP contribution in [-0.2, 0) is 9.84 Å². The molecule has 0 heterocycles. The molecule has 7 heteroatoms. The van der Waals surface area contributed by atoms with Crippen molar-refractivity contribution < 1.29 is 22.3 Å². The summed E-state index contributed by atoms with van der Waals surface area (Å²) >= 11 is 0. The highest BCUT2D eigenvalue weighted by Gasteiger charge is 2.23. The van der Waals surface area contributed by atoms with Crippen LogP contribution < -0.4 is 5.32 Å². The highest BCUT2D eigenvalue weighted by molar-refractivity contribution is 7.91. The molecule has 0 aliphatic rings. The molecule has 0 saturated carbocycles. The van der Waals surface area contributed by atoms with Crippen molar-refractivity contribution in [3.63, 3.8) is 0 Å². The lowest BCUT2D eigenvalue weighted by Crippen LogP contribution is -2.32. The van der Waals surface area contributed by atoms with Gasteiger partial charge < -0.3 is 10.4 Å². The fourth-order valence-corrected chi connectivity index (χ4v) is 2.89. The Bertz CT molecular complexity index is 505. The molecule has 18 heavy (non-hydrogen) atoms. The predicted molar refractivity (Wildman–Crippen MR) is 63.0 cm³/mol. The molecule has 0 fully saturated rings. The summed E-state index contributed by atoms with van der Waals surface area (Å²) in [5, 5.41) is 12.2. The van der Waals surface area contributed by atoms with E-state index >= 15 is 0 Å². The van der Waals surface area contributed by atoms with Crippen LogP contribution in [0, 0.1) is 11.6 Å². The molecule has 0 aliphatic carbocycles. The Hall–Kier alpha value is -1.05. The van der Waals surface area contributed by atoms with Gasteiger partial charge in [-0.2, -0.15) is 0 Å². The molecule has 0 bridgehead atoms. The van der Waals surface area contributed by atoms with Crippen molar-refractivity contribution in [2.75, 3.05) is 18.8 Å². The van der Waals surface area contributed by atoms with Gasteiger partial charge in [-0.25, -0.2) is 17.2 Å². The Labute approximate surface area is 105 Å². The Morgan fingerprint density at radius 2 is 2.06 bits per heavy atom. The first-order chi connectivity index (χ1) is 8.36. The number of hydrogen-bond acceptors (Lipinski definition) is 4. The average Bonchev–Trinajstić information content (AvgIpc) is 2.29. The molecule has 1 aromatic carbocycles. The molecule has 102 valence electrons. The van der Waals surface area contributed by atoms with E-state index < -0.39 is 38.2 Å². The van der Waals surface area contributed by atoms with E-state index in [4.69, 9.17) is 0 Å². The van der Waals surface area contributed by atoms with Crippen molar-refractivity contribution in [3.8, 4) is 0 Å². The van der Waals surface area contributed by atoms with Gasteiger partial charge >= 0.3 is 0 Å². The third kappa shape index (κ3) is 4.01. The molecule has 1 rings (SSSR count). The number of hydrogen-bond donors (Lipinski definition) is 2. The first-order valence-electron chi connectivity index (χ1n) is 5.43. The molecule has 0 amide bonds. The minimum absolute atomic E-state index is 0.0761. The molecular weight excluding hydrogens is 264 g/mol. The highest BCUT2D eigenvalue weighted by Crippen LogP contribution is 2.17. The molecule has 0 radical (unpaired) electrons. The van der Waals surface area contributed by atoms with E-state index in [0.717, 1.165) is 12.1 Å². The fraction of sp³-hybridized carbons (Fsp3) is 0.455. The summed E-state index contributed by atoms with van der Waals surface area (Å²) in [4.78, 5) is -0.724. The van der Waals surface area contributed by atoms with Crippen molar-refractivity contribution in [1.82, 2.24) is 5.32 Å². The number of aliphatic hydroxyl groups excluding tert-OH is 1. The lowest BCUT2D eigenvalue weighted by molar-refractivity contribution is 0.194. The van der Waals surface area contributed by atoms with E-state index in [1.807, 2.05) is 0 Å². The van der Waals surface area contributed by atoms with Gasteiger partial charge in [0, 0.05) is 6.54 Å². The molecule has 1 atom stereocenters. The normalized spacial score (nSPS) is 13.6. The zero-order valence-electron chi connectivity index (χ0n) is 9.86. The van der Waals surface area contributed by atoms with E-state index in [0.29, 0.717) is 12.6 Å². The Balaban J connectivity index is 2.89. The average molecular weight is 279 g/mol. The smallest absolute Gasteiger partial charge is 0.183 e. The van der Waals surface area contributed by atoms with Crippen LogP contribution in [0.15, 0.2) is 23.1 Å². The van der Waals surface area contributed by atoms with Crippen LogP contribution >= 0.6 is 0 Å². The molecule has 2 N–H and O–H groups in total. The van der Waals surface area contributed by atoms with Gasteiger partial charge in [0.25, 0.3) is 0 Å². The molecule has 1 unspecified atom stereocenters. The van der Waals surface area contributed by atoms with Crippen molar-refractivity contribution in [2.24, 2.45) is 0 Å². The molecule has 0 aromatic heterocycles. The molecule has 0 saturated heterocycles. The van der Waals surface area contributed by atoms with Crippen LogP contribution in [0.25, 0.3) is 0 Å². The molecule has 1 aromatic rings. The second kappa shape index (κ2) is 6.21. The maximum atomic E-state index is 13.3. The van der Waals surface area contributed by atoms with Gasteiger partial charge in [-0.3, -0.25) is 0 Å². The summed E-state index contributed by atoms with van der Waals surface area (Å²) in [6, 6.07) is 2.20. The van der Waals surface area contributed by atoms with Crippen LogP contribution in [0.3, 0.4) is 0 Å². The van der Waals surface area contributed by atoms with Gasteiger partial charge in [0.2, 0.25) is 0 Å². The zero-order chi connectivity index (χ0) is 13.8. The lowest BCUT2D eigenvalue weighted by atomic mass is 10.3. The predicted octanol–water partition coefficient (Wildman–Crippen LogP) is 0.709. The van der Waals surface area contributed by atoms with E-state index in [1.165, 1.54) is 0 Å². The summed E-state index contributed by atoms with van der Waals surface area (Å²) < 4.78 is 49.8. The van der Waals surface area contributed by atoms with Crippen LogP contribution in [0.2, 0.25) is 0 Å². The summed E-state index contributed by atoms with van der Waals surface area (Å²) in [7, 11) is -4.05. The third-order valence-electron chi connectivity index (χ3n) is 2.27. The summed E-state index contributed by atoms with van der Waals surface area (Å²) in [5.74, 6) is -2.51. The van der Waals surface area contributed by atoms with Gasteiger partial charge in [0.1, 0.15) is 16.5 Å². The number of nitrogens with one attached hydrogen (secondary N) is 1. The Morgan fingerprint density at radius 3 is 2.67 bits per heavy atom. The lowest BCUT2D eigenvalue weighted by Gasteiger charge is -2.12. The second-order valence-corrected chi connectivity index (χ2v) is 5.82. The molecule has 0 aliphatic heterocycles. The van der Waals surface area contributed by atoms with Gasteiger partial charge in [0.15, 0.2) is 9.84 Å². The van der Waals surface area contributed by atoms with Gasteiger partial charge in [0.05, 0.1) is 11.9 Å². The fourth-order valence-electron chi connectivity index (χ4n) is 1.43. The summed E-state index contributed by atoms with van der Waals surface area (Å²) in [5.41, 5.74) is 0. The number of sulfone groups is 1. The third-order valence-corrected chi connectivity index (χ3v) is 4.08. The maximum Gasteiger partial charge on any atom is 0.183 e. The minimum Gasteiger partial charge on any atom is -0.391 e. The van der Waals surface area contributed by atoms with Crippen LogP contribution in [0.1, 0.15) is 6.92 Å². The maximum absolute atomic E-state index is 13.3. The largest absolute Gasteiger partial charge is 0.391 e. The van der Waals surface area contributed by atoms with Gasteiger partial charge in [-0.05, 0) is 24.7 Å². The van der Waals surface area contributed by atoms with Gasteiger partial charge in [-0.1, -0.05) is 6.92 Å². The van der Waals surface area contributed by atoms with Crippen LogP contribution in [0.4, 0.5) is 8.78 Å². The number of aliphatic hydroxyl groups is 1. The van der Waals surface area contributed by atoms with Crippen molar-refractivity contribution >= 4 is 9.84 Å². The quantitative estimate of drug-likeness (QED) is 0.805. The Kier molecular flexibility index (Phi) is 5.18. The first-order valence-corrected chi connectivity index (χ1v) is 7.08. The monoisotopic (exact) mass is 279 g/mol. The van der Waals surface area contributed by atoms with E-state index in [9.17, 15) is 22.3 Å². The van der Waals surface area contributed by atoms with Crippen LogP contribution in [0.5, 0.6) is 0 Å². The van der Waals surface area contributed by atoms with Gasteiger partial charge in [-0.15, -0.1) is 0 Å². The molecular formula is C11H15F2NO3S. The van der Waals surface area contributed by atoms with Crippen LogP contribution in [-0.4, -0.2) is 38.5 Å². The van der Waals surface area contributed by atoms with E-state index in [-0.39, 0.29) is 6.54 Å². The van der Waals surface area contributed by atoms with E-state index in [1.54, 1.807) is 6.92 Å². The number of halogens is 2. The second-order valence-electron chi connectivity index (χ2n) is 3.82. The number of likely N-dealkylation sites (N-methyl/N-ethyl adjacent to an activating group) is 1. The summed E-state index contributed by atoms with van der Waals surface area (Å²) in [6.07, 6.45) is -1.17. The van der Waals surface area contributed by atoms with Crippen molar-refractivity contribution in [2.45, 2.75) is 17.9 Å². The SMILES string of the molecule is CCNCC(O)CS(=O)(=O)c1cc(F)ccc1F. The minimum atomic E-state index is -4.05. The standard InChI is InChI=1S/C11H15F2NO3S/c1-2-14-6-9(15)7-18(16,17)11-5-8(12)3-4-10(11)13/h3-5,9,14-15H,2,6-7H2,1H3. The highest BCUT2D eigenvalue weighted by atomic mass is 32.2. The first kappa shape index (κ1) is 15.0. The van der Waals surface area contributed by atoms with Crippen molar-refractivity contribution in [3.05, 3.63) is 29.8 Å². The topological polar surface area (TPSA) is 66.4 Å². The molecule has 4 nitrogen and oxygen atoms in total.